The van der Waals surface area contributed by atoms with Crippen LogP contribution in [0, 0.1) is 0 Å². The quantitative estimate of drug-likeness (QED) is 0.250. The van der Waals surface area contributed by atoms with Crippen molar-refractivity contribution in [2.45, 2.75) is 38.7 Å². The summed E-state index contributed by atoms with van der Waals surface area (Å²) in [7, 11) is 0. The van der Waals surface area contributed by atoms with Crippen LogP contribution in [-0.2, 0) is 9.53 Å². The van der Waals surface area contributed by atoms with Gasteiger partial charge in [-0.25, -0.2) is 4.98 Å². The van der Waals surface area contributed by atoms with Gasteiger partial charge in [0.2, 0.25) is 5.91 Å². The molecule has 1 amide bonds. The third kappa shape index (κ3) is 7.10. The summed E-state index contributed by atoms with van der Waals surface area (Å²) in [6.07, 6.45) is 2.90. The van der Waals surface area contributed by atoms with Crippen molar-refractivity contribution in [3.05, 3.63) is 57.9 Å². The maximum Gasteiger partial charge on any atom is 0.228 e. The van der Waals surface area contributed by atoms with Crippen LogP contribution in [0.4, 0.5) is 5.13 Å². The first-order chi connectivity index (χ1) is 17.0. The fourth-order valence-corrected chi connectivity index (χ4v) is 5.19. The Bertz CT molecular complexity index is 1120. The van der Waals surface area contributed by atoms with Gasteiger partial charge >= 0.3 is 0 Å². The maximum atomic E-state index is 13.2. The zero-order valence-electron chi connectivity index (χ0n) is 19.5. The molecule has 1 aliphatic rings. The van der Waals surface area contributed by atoms with Crippen LogP contribution in [-0.4, -0.2) is 43.4 Å². The second-order valence-corrected chi connectivity index (χ2v) is 9.82. The fraction of sp³-hybridized carbons (Fsp3) is 0.385. The summed E-state index contributed by atoms with van der Waals surface area (Å²) in [6.45, 7) is 4.23. The van der Waals surface area contributed by atoms with Crippen LogP contribution in [0.15, 0.2) is 47.8 Å². The molecule has 4 rings (SSSR count). The number of carbonyl (C=O) groups is 1. The number of hydrogen-bond acceptors (Lipinski definition) is 6. The number of hydrogen-bond donors (Lipinski definition) is 0. The molecular weight excluding hydrogens is 507 g/mol. The van der Waals surface area contributed by atoms with Gasteiger partial charge in [-0.05, 0) is 68.7 Å². The van der Waals surface area contributed by atoms with Crippen LogP contribution >= 0.6 is 34.5 Å². The van der Waals surface area contributed by atoms with Crippen molar-refractivity contribution in [2.75, 3.05) is 31.3 Å². The number of benzene rings is 2. The van der Waals surface area contributed by atoms with E-state index in [9.17, 15) is 4.79 Å². The molecule has 0 aliphatic carbocycles. The van der Waals surface area contributed by atoms with Crippen LogP contribution in [0.2, 0.25) is 10.0 Å². The van der Waals surface area contributed by atoms with Crippen molar-refractivity contribution in [1.29, 1.82) is 0 Å². The minimum atomic E-state index is -0.00102. The van der Waals surface area contributed by atoms with E-state index in [2.05, 4.69) is 0 Å². The van der Waals surface area contributed by atoms with Crippen LogP contribution in [0.1, 0.15) is 32.6 Å². The van der Waals surface area contributed by atoms with E-state index in [4.69, 9.17) is 42.4 Å². The molecule has 1 aromatic heterocycles. The number of nitrogens with zero attached hydrogens (tertiary/aromatic N) is 2. The molecule has 2 heterocycles. The largest absolute Gasteiger partial charge is 0.494 e. The van der Waals surface area contributed by atoms with Crippen LogP contribution in [0.5, 0.6) is 11.5 Å². The van der Waals surface area contributed by atoms with E-state index in [1.807, 2.05) is 42.6 Å². The molecule has 0 radical (unpaired) electrons. The molecule has 3 aromatic rings. The third-order valence-electron chi connectivity index (χ3n) is 5.58. The zero-order chi connectivity index (χ0) is 24.6. The Morgan fingerprint density at radius 2 is 1.94 bits per heavy atom. The third-order valence-corrected chi connectivity index (χ3v) is 6.99. The van der Waals surface area contributed by atoms with Gasteiger partial charge in [0, 0.05) is 29.0 Å². The van der Waals surface area contributed by atoms with Gasteiger partial charge in [0.05, 0.1) is 36.6 Å². The summed E-state index contributed by atoms with van der Waals surface area (Å²) in [5.74, 6) is 1.56. The van der Waals surface area contributed by atoms with Crippen molar-refractivity contribution in [1.82, 2.24) is 4.98 Å². The highest BCUT2D eigenvalue weighted by atomic mass is 35.5. The number of aromatic nitrogens is 1. The van der Waals surface area contributed by atoms with E-state index < -0.39 is 0 Å². The Morgan fingerprint density at radius 3 is 2.63 bits per heavy atom. The molecule has 35 heavy (non-hydrogen) atoms. The molecule has 186 valence electrons. The van der Waals surface area contributed by atoms with E-state index in [1.165, 1.54) is 11.3 Å². The lowest BCUT2D eigenvalue weighted by molar-refractivity contribution is -0.119. The standard InChI is InChI=1S/C26H28Cl2N2O4S/c1-2-32-19-8-10-20(11-9-19)33-14-4-6-25(31)30(16-21-5-3-13-34-21)26-29-24(17-35-26)22-12-7-18(27)15-23(22)28/h7-12,15,17,21H,2-6,13-14,16H2,1H3/t21-/m1/s1. The zero-order valence-corrected chi connectivity index (χ0v) is 21.9. The average Bonchev–Trinajstić information content (AvgIpc) is 3.54. The van der Waals surface area contributed by atoms with Crippen molar-refractivity contribution < 1.29 is 19.0 Å². The van der Waals surface area contributed by atoms with Gasteiger partial charge in [-0.2, -0.15) is 0 Å². The minimum Gasteiger partial charge on any atom is -0.494 e. The van der Waals surface area contributed by atoms with E-state index in [0.717, 1.165) is 42.2 Å². The van der Waals surface area contributed by atoms with Crippen molar-refractivity contribution in [3.63, 3.8) is 0 Å². The molecule has 0 saturated carbocycles. The lowest BCUT2D eigenvalue weighted by Gasteiger charge is -2.23. The summed E-state index contributed by atoms with van der Waals surface area (Å²) in [5, 5.41) is 3.64. The molecule has 1 aliphatic heterocycles. The predicted octanol–water partition coefficient (Wildman–Crippen LogP) is 6.89. The minimum absolute atomic E-state index is 0.00102. The van der Waals surface area contributed by atoms with Crippen LogP contribution in [0.3, 0.4) is 0 Å². The first-order valence-corrected chi connectivity index (χ1v) is 13.4. The monoisotopic (exact) mass is 534 g/mol. The van der Waals surface area contributed by atoms with Gasteiger partial charge in [0.15, 0.2) is 5.13 Å². The molecule has 0 bridgehead atoms. The molecular formula is C26H28Cl2N2O4S. The predicted molar refractivity (Wildman–Crippen MR) is 141 cm³/mol. The molecule has 0 spiro atoms. The van der Waals surface area contributed by atoms with Crippen molar-refractivity contribution >= 4 is 45.6 Å². The fourth-order valence-electron chi connectivity index (χ4n) is 3.83. The highest BCUT2D eigenvalue weighted by Gasteiger charge is 2.26. The van der Waals surface area contributed by atoms with Crippen LogP contribution in [0.25, 0.3) is 11.3 Å². The summed E-state index contributed by atoms with van der Waals surface area (Å²) >= 11 is 13.8. The number of anilines is 1. The lowest BCUT2D eigenvalue weighted by Crippen LogP contribution is -2.37. The molecule has 1 atom stereocenters. The molecule has 0 unspecified atom stereocenters. The first kappa shape index (κ1) is 25.8. The first-order valence-electron chi connectivity index (χ1n) is 11.7. The SMILES string of the molecule is CCOc1ccc(OCCCC(=O)N(C[C@H]2CCCO2)c2nc(-c3ccc(Cl)cc3Cl)cs2)cc1. The highest BCUT2D eigenvalue weighted by molar-refractivity contribution is 7.14. The molecule has 1 fully saturated rings. The Balaban J connectivity index is 1.39. The maximum absolute atomic E-state index is 13.2. The summed E-state index contributed by atoms with van der Waals surface area (Å²) in [4.78, 5) is 19.7. The molecule has 2 aromatic carbocycles. The van der Waals surface area contributed by atoms with Crippen molar-refractivity contribution in [3.8, 4) is 22.8 Å². The summed E-state index contributed by atoms with van der Waals surface area (Å²) in [5.41, 5.74) is 1.50. The van der Waals surface area contributed by atoms with Gasteiger partial charge in [-0.3, -0.25) is 9.69 Å². The van der Waals surface area contributed by atoms with E-state index in [0.29, 0.717) is 47.8 Å². The number of ether oxygens (including phenoxy) is 3. The Morgan fingerprint density at radius 1 is 1.17 bits per heavy atom. The van der Waals surface area contributed by atoms with Gasteiger partial charge < -0.3 is 14.2 Å². The van der Waals surface area contributed by atoms with Gasteiger partial charge in [-0.1, -0.05) is 23.2 Å². The van der Waals surface area contributed by atoms with Gasteiger partial charge in [0.25, 0.3) is 0 Å². The molecule has 9 heteroatoms. The Hall–Kier alpha value is -2.32. The topological polar surface area (TPSA) is 60.9 Å². The summed E-state index contributed by atoms with van der Waals surface area (Å²) < 4.78 is 17.1. The van der Waals surface area contributed by atoms with Crippen molar-refractivity contribution in [2.24, 2.45) is 0 Å². The van der Waals surface area contributed by atoms with Gasteiger partial charge in [0.1, 0.15) is 11.5 Å². The smallest absolute Gasteiger partial charge is 0.228 e. The van der Waals surface area contributed by atoms with Gasteiger partial charge in [-0.15, -0.1) is 11.3 Å². The van der Waals surface area contributed by atoms with E-state index in [-0.39, 0.29) is 12.0 Å². The lowest BCUT2D eigenvalue weighted by atomic mass is 10.2. The van der Waals surface area contributed by atoms with E-state index >= 15 is 0 Å². The molecule has 0 N–H and O–H groups in total. The number of halogens is 2. The molecule has 1 saturated heterocycles. The second-order valence-electron chi connectivity index (χ2n) is 8.14. The second kappa shape index (κ2) is 12.6. The number of rotatable bonds is 11. The Labute approximate surface area is 219 Å². The normalized spacial score (nSPS) is 15.2. The number of amides is 1. The van der Waals surface area contributed by atoms with Crippen LogP contribution < -0.4 is 14.4 Å². The van der Waals surface area contributed by atoms with E-state index in [1.54, 1.807) is 17.0 Å². The molecule has 6 nitrogen and oxygen atoms in total. The number of carbonyl (C=O) groups excluding carboxylic acids is 1. The number of thiazole rings is 1. The highest BCUT2D eigenvalue weighted by Crippen LogP contribution is 2.34. The summed E-state index contributed by atoms with van der Waals surface area (Å²) in [6, 6.07) is 12.8. The Kier molecular flexibility index (Phi) is 9.26. The average molecular weight is 535 g/mol.